The fourth-order valence-electron chi connectivity index (χ4n) is 3.11. The molecule has 2 aliphatic rings. The van der Waals surface area contributed by atoms with Crippen LogP contribution in [0, 0.1) is 5.92 Å². The number of rotatable bonds is 7. The third kappa shape index (κ3) is 4.20. The van der Waals surface area contributed by atoms with Gasteiger partial charge in [-0.2, -0.15) is 0 Å². The Balaban J connectivity index is 1.69. The first-order valence-electron chi connectivity index (χ1n) is 8.57. The van der Waals surface area contributed by atoms with Gasteiger partial charge in [0, 0.05) is 26.7 Å². The Morgan fingerprint density at radius 2 is 2.16 bits per heavy atom. The van der Waals surface area contributed by atoms with Gasteiger partial charge < -0.3 is 15.4 Å². The van der Waals surface area contributed by atoms with Gasteiger partial charge in [-0.25, -0.2) is 13.1 Å². The van der Waals surface area contributed by atoms with E-state index in [9.17, 15) is 13.2 Å². The highest BCUT2D eigenvalue weighted by molar-refractivity contribution is 7.89. The number of carbonyl (C=O) groups is 1. The van der Waals surface area contributed by atoms with Gasteiger partial charge in [-0.15, -0.1) is 0 Å². The van der Waals surface area contributed by atoms with Crippen molar-refractivity contribution in [3.05, 3.63) is 29.3 Å². The van der Waals surface area contributed by atoms with Crippen molar-refractivity contribution in [2.45, 2.75) is 36.7 Å². The molecule has 0 aromatic heterocycles. The van der Waals surface area contributed by atoms with Gasteiger partial charge in [0.15, 0.2) is 0 Å². The molecular weight excluding hydrogens is 342 g/mol. The van der Waals surface area contributed by atoms with Crippen LogP contribution < -0.4 is 10.5 Å². The summed E-state index contributed by atoms with van der Waals surface area (Å²) in [4.78, 5) is 14.5. The van der Waals surface area contributed by atoms with Gasteiger partial charge in [-0.3, -0.25) is 4.79 Å². The summed E-state index contributed by atoms with van der Waals surface area (Å²) in [6, 6.07) is 4.68. The number of ether oxygens (including phenoxy) is 1. The van der Waals surface area contributed by atoms with Crippen LogP contribution in [-0.2, 0) is 32.5 Å². The number of carbonyl (C=O) groups excluding carboxylic acids is 1. The van der Waals surface area contributed by atoms with E-state index >= 15 is 0 Å². The molecule has 0 radical (unpaired) electrons. The quantitative estimate of drug-likeness (QED) is 0.672. The molecule has 7 nitrogen and oxygen atoms in total. The normalized spacial score (nSPS) is 18.7. The van der Waals surface area contributed by atoms with Crippen LogP contribution in [0.3, 0.4) is 0 Å². The molecule has 1 heterocycles. The van der Waals surface area contributed by atoms with Crippen molar-refractivity contribution in [2.24, 2.45) is 11.7 Å². The summed E-state index contributed by atoms with van der Waals surface area (Å²) in [7, 11) is -2.02. The molecule has 0 spiro atoms. The van der Waals surface area contributed by atoms with Gasteiger partial charge >= 0.3 is 0 Å². The summed E-state index contributed by atoms with van der Waals surface area (Å²) >= 11 is 0. The summed E-state index contributed by atoms with van der Waals surface area (Å²) in [5.74, 6) is 0.339. The van der Waals surface area contributed by atoms with E-state index in [2.05, 4.69) is 4.72 Å². The second-order valence-corrected chi connectivity index (χ2v) is 8.46. The Bertz CT molecular complexity index is 746. The second kappa shape index (κ2) is 7.41. The lowest BCUT2D eigenvalue weighted by Gasteiger charge is -2.31. The maximum Gasteiger partial charge on any atom is 0.240 e. The molecule has 1 aromatic carbocycles. The van der Waals surface area contributed by atoms with Gasteiger partial charge in [0.1, 0.15) is 0 Å². The van der Waals surface area contributed by atoms with Gasteiger partial charge in [-0.1, -0.05) is 6.07 Å². The Morgan fingerprint density at radius 3 is 2.84 bits per heavy atom. The maximum atomic E-state index is 12.4. The molecule has 3 rings (SSSR count). The highest BCUT2D eigenvalue weighted by atomic mass is 32.2. The molecule has 1 fully saturated rings. The molecule has 3 N–H and O–H groups in total. The zero-order valence-corrected chi connectivity index (χ0v) is 15.2. The van der Waals surface area contributed by atoms with Crippen molar-refractivity contribution in [1.29, 1.82) is 0 Å². The zero-order chi connectivity index (χ0) is 18.0. The number of nitrogens with zero attached hydrogens (tertiary/aromatic N) is 1. The molecule has 8 heteroatoms. The van der Waals surface area contributed by atoms with Crippen molar-refractivity contribution < 1.29 is 17.9 Å². The standard InChI is InChI=1S/C17H25N3O4S/c1-24-9-7-19-25(22,23)15-5-4-14-11-20(8-6-13(14)10-15)17(21)16(18)12-2-3-12/h4-5,10,12,16,19H,2-3,6-9,11,18H2,1H3. The number of sulfonamides is 1. The highest BCUT2D eigenvalue weighted by Crippen LogP contribution is 2.33. The molecule has 1 amide bonds. The summed E-state index contributed by atoms with van der Waals surface area (Å²) in [5.41, 5.74) is 7.98. The number of amides is 1. The molecule has 0 saturated heterocycles. The molecule has 25 heavy (non-hydrogen) atoms. The number of nitrogens with two attached hydrogens (primary N) is 1. The van der Waals surface area contributed by atoms with Gasteiger partial charge in [0.25, 0.3) is 0 Å². The lowest BCUT2D eigenvalue weighted by Crippen LogP contribution is -2.46. The molecule has 138 valence electrons. The van der Waals surface area contributed by atoms with Crippen LogP contribution in [0.25, 0.3) is 0 Å². The predicted octanol–water partition coefficient (Wildman–Crippen LogP) is 0.233. The van der Waals surface area contributed by atoms with Crippen molar-refractivity contribution in [2.75, 3.05) is 26.8 Å². The SMILES string of the molecule is COCCNS(=O)(=O)c1ccc2c(c1)CCN(C(=O)C(N)C1CC1)C2. The van der Waals surface area contributed by atoms with E-state index in [1.807, 2.05) is 0 Å². The lowest BCUT2D eigenvalue weighted by molar-refractivity contribution is -0.134. The van der Waals surface area contributed by atoms with Crippen LogP contribution >= 0.6 is 0 Å². The molecule has 0 bridgehead atoms. The van der Waals surface area contributed by atoms with Crippen LogP contribution in [0.5, 0.6) is 0 Å². The molecule has 1 saturated carbocycles. The molecule has 1 aliphatic heterocycles. The lowest BCUT2D eigenvalue weighted by atomic mass is 9.99. The number of hydrogen-bond acceptors (Lipinski definition) is 5. The predicted molar refractivity (Wildman–Crippen MR) is 93.3 cm³/mol. The van der Waals surface area contributed by atoms with Crippen LogP contribution in [0.2, 0.25) is 0 Å². The Hall–Kier alpha value is -1.48. The average molecular weight is 367 g/mol. The monoisotopic (exact) mass is 367 g/mol. The average Bonchev–Trinajstić information content (AvgIpc) is 3.44. The zero-order valence-electron chi connectivity index (χ0n) is 14.4. The molecular formula is C17H25N3O4S. The molecule has 1 aliphatic carbocycles. The summed E-state index contributed by atoms with van der Waals surface area (Å²) in [6.45, 7) is 1.62. The number of hydrogen-bond donors (Lipinski definition) is 2. The van der Waals surface area contributed by atoms with Crippen molar-refractivity contribution in [3.63, 3.8) is 0 Å². The largest absolute Gasteiger partial charge is 0.383 e. The topological polar surface area (TPSA) is 102 Å². The minimum Gasteiger partial charge on any atom is -0.383 e. The molecule has 1 aromatic rings. The molecule has 1 atom stereocenters. The van der Waals surface area contributed by atoms with E-state index in [0.29, 0.717) is 32.0 Å². The second-order valence-electron chi connectivity index (χ2n) is 6.69. The van der Waals surface area contributed by atoms with Crippen LogP contribution in [-0.4, -0.2) is 52.1 Å². The van der Waals surface area contributed by atoms with E-state index in [0.717, 1.165) is 24.0 Å². The van der Waals surface area contributed by atoms with E-state index in [1.54, 1.807) is 23.1 Å². The first-order chi connectivity index (χ1) is 11.9. The van der Waals surface area contributed by atoms with E-state index in [-0.39, 0.29) is 17.3 Å². The number of nitrogens with one attached hydrogen (secondary N) is 1. The summed E-state index contributed by atoms with van der Waals surface area (Å²) in [6.07, 6.45) is 2.71. The van der Waals surface area contributed by atoms with Crippen molar-refractivity contribution in [3.8, 4) is 0 Å². The van der Waals surface area contributed by atoms with E-state index in [4.69, 9.17) is 10.5 Å². The fourth-order valence-corrected chi connectivity index (χ4v) is 4.18. The third-order valence-corrected chi connectivity index (χ3v) is 6.28. The minimum absolute atomic E-state index is 0.00563. The first kappa shape index (κ1) is 18.3. The number of fused-ring (bicyclic) bond motifs is 1. The van der Waals surface area contributed by atoms with Crippen molar-refractivity contribution in [1.82, 2.24) is 9.62 Å². The van der Waals surface area contributed by atoms with Crippen LogP contribution in [0.4, 0.5) is 0 Å². The highest BCUT2D eigenvalue weighted by Gasteiger charge is 2.36. The fraction of sp³-hybridized carbons (Fsp3) is 0.588. The van der Waals surface area contributed by atoms with Gasteiger partial charge in [-0.05, 0) is 48.4 Å². The summed E-state index contributed by atoms with van der Waals surface area (Å²) in [5, 5.41) is 0. The third-order valence-electron chi connectivity index (χ3n) is 4.83. The van der Waals surface area contributed by atoms with Crippen molar-refractivity contribution >= 4 is 15.9 Å². The summed E-state index contributed by atoms with van der Waals surface area (Å²) < 4.78 is 32.0. The van der Waals surface area contributed by atoms with Gasteiger partial charge in [0.05, 0.1) is 17.5 Å². The minimum atomic E-state index is -3.54. The molecule has 1 unspecified atom stereocenters. The van der Waals surface area contributed by atoms with E-state index in [1.165, 1.54) is 7.11 Å². The maximum absolute atomic E-state index is 12.4. The van der Waals surface area contributed by atoms with Gasteiger partial charge in [0.2, 0.25) is 15.9 Å². The van der Waals surface area contributed by atoms with E-state index < -0.39 is 16.1 Å². The Morgan fingerprint density at radius 1 is 1.40 bits per heavy atom. The smallest absolute Gasteiger partial charge is 0.240 e. The number of benzene rings is 1. The Labute approximate surface area is 148 Å². The van der Waals surface area contributed by atoms with Crippen LogP contribution in [0.15, 0.2) is 23.1 Å². The first-order valence-corrected chi connectivity index (χ1v) is 10.1. The Kier molecular flexibility index (Phi) is 5.43. The van der Waals surface area contributed by atoms with Crippen LogP contribution in [0.1, 0.15) is 24.0 Å². The number of methoxy groups -OCH3 is 1.